The lowest BCUT2D eigenvalue weighted by molar-refractivity contribution is -0.138. The molecule has 0 bridgehead atoms. The molecule has 0 saturated carbocycles. The molecular weight excluding hydrogens is 241 g/mol. The Kier molecular flexibility index (Phi) is 3.15. The molecule has 0 fully saturated rings. The largest absolute Gasteiger partial charge is 0.416 e. The third-order valence-electron chi connectivity index (χ3n) is 2.88. The SMILES string of the molecule is CCc1ccc(-n2ccnc2C)cc1C(F)(F)F. The highest BCUT2D eigenvalue weighted by atomic mass is 19.4. The predicted molar refractivity (Wildman–Crippen MR) is 62.7 cm³/mol. The monoisotopic (exact) mass is 254 g/mol. The zero-order chi connectivity index (χ0) is 13.3. The molecule has 96 valence electrons. The van der Waals surface area contributed by atoms with Crippen molar-refractivity contribution in [1.29, 1.82) is 0 Å². The predicted octanol–water partition coefficient (Wildman–Crippen LogP) is 3.76. The molecule has 0 aliphatic heterocycles. The summed E-state index contributed by atoms with van der Waals surface area (Å²) < 4.78 is 40.4. The van der Waals surface area contributed by atoms with Crippen LogP contribution in [-0.4, -0.2) is 9.55 Å². The van der Waals surface area contributed by atoms with E-state index in [-0.39, 0.29) is 0 Å². The summed E-state index contributed by atoms with van der Waals surface area (Å²) in [5.74, 6) is 0.660. The molecule has 0 amide bonds. The summed E-state index contributed by atoms with van der Waals surface area (Å²) in [5.41, 5.74) is 0.217. The molecule has 0 aliphatic rings. The van der Waals surface area contributed by atoms with Crippen LogP contribution in [0.4, 0.5) is 13.2 Å². The third kappa shape index (κ3) is 2.25. The first kappa shape index (κ1) is 12.7. The number of aromatic nitrogens is 2. The standard InChI is InChI=1S/C13H13F3N2/c1-3-10-4-5-11(8-12(10)13(14,15)16)18-7-6-17-9(18)2/h4-8H,3H2,1-2H3. The summed E-state index contributed by atoms with van der Waals surface area (Å²) in [4.78, 5) is 4.01. The lowest BCUT2D eigenvalue weighted by Gasteiger charge is -2.14. The molecule has 0 atom stereocenters. The average Bonchev–Trinajstić information content (AvgIpc) is 2.73. The number of alkyl halides is 3. The maximum atomic E-state index is 12.9. The van der Waals surface area contributed by atoms with E-state index >= 15 is 0 Å². The van der Waals surface area contributed by atoms with E-state index in [1.165, 1.54) is 12.1 Å². The van der Waals surface area contributed by atoms with Gasteiger partial charge >= 0.3 is 6.18 Å². The van der Waals surface area contributed by atoms with Crippen molar-refractivity contribution in [3.8, 4) is 5.69 Å². The number of halogens is 3. The van der Waals surface area contributed by atoms with Crippen molar-refractivity contribution in [3.63, 3.8) is 0 Å². The van der Waals surface area contributed by atoms with E-state index in [4.69, 9.17) is 0 Å². The maximum Gasteiger partial charge on any atom is 0.416 e. The van der Waals surface area contributed by atoms with Gasteiger partial charge in [0.1, 0.15) is 5.82 Å². The molecule has 0 N–H and O–H groups in total. The van der Waals surface area contributed by atoms with Crippen molar-refractivity contribution in [3.05, 3.63) is 47.5 Å². The first-order chi connectivity index (χ1) is 8.43. The summed E-state index contributed by atoms with van der Waals surface area (Å²) in [7, 11) is 0. The fraction of sp³-hybridized carbons (Fsp3) is 0.308. The Morgan fingerprint density at radius 3 is 2.50 bits per heavy atom. The van der Waals surface area contributed by atoms with E-state index in [0.29, 0.717) is 23.5 Å². The minimum absolute atomic E-state index is 0.309. The number of hydrogen-bond donors (Lipinski definition) is 0. The number of rotatable bonds is 2. The van der Waals surface area contributed by atoms with Gasteiger partial charge in [-0.25, -0.2) is 4.98 Å². The van der Waals surface area contributed by atoms with Gasteiger partial charge in [0.25, 0.3) is 0 Å². The van der Waals surface area contributed by atoms with Crippen molar-refractivity contribution >= 4 is 0 Å². The summed E-state index contributed by atoms with van der Waals surface area (Å²) in [5, 5.41) is 0. The minimum Gasteiger partial charge on any atom is -0.304 e. The van der Waals surface area contributed by atoms with Crippen molar-refractivity contribution in [2.24, 2.45) is 0 Å². The van der Waals surface area contributed by atoms with Crippen molar-refractivity contribution in [2.45, 2.75) is 26.4 Å². The average molecular weight is 254 g/mol. The Morgan fingerprint density at radius 2 is 2.00 bits per heavy atom. The van der Waals surface area contributed by atoms with E-state index in [1.54, 1.807) is 36.9 Å². The zero-order valence-corrected chi connectivity index (χ0v) is 10.1. The van der Waals surface area contributed by atoms with Crippen LogP contribution in [0.25, 0.3) is 5.69 Å². The smallest absolute Gasteiger partial charge is 0.304 e. The van der Waals surface area contributed by atoms with Crippen LogP contribution in [0.1, 0.15) is 23.9 Å². The maximum absolute atomic E-state index is 12.9. The summed E-state index contributed by atoms with van der Waals surface area (Å²) >= 11 is 0. The van der Waals surface area contributed by atoms with Crippen molar-refractivity contribution in [2.75, 3.05) is 0 Å². The van der Waals surface area contributed by atoms with Gasteiger partial charge in [-0.1, -0.05) is 13.0 Å². The molecule has 5 heteroatoms. The molecule has 1 aromatic carbocycles. The summed E-state index contributed by atoms with van der Waals surface area (Å²) in [6, 6.07) is 4.38. The Balaban J connectivity index is 2.57. The van der Waals surface area contributed by atoms with Gasteiger partial charge in [-0.05, 0) is 31.0 Å². The molecule has 2 aromatic rings. The summed E-state index contributed by atoms with van der Waals surface area (Å²) in [6.45, 7) is 3.47. The van der Waals surface area contributed by atoms with Crippen molar-refractivity contribution in [1.82, 2.24) is 9.55 Å². The highest BCUT2D eigenvalue weighted by Gasteiger charge is 2.33. The molecule has 0 spiro atoms. The van der Waals surface area contributed by atoms with Crippen LogP contribution < -0.4 is 0 Å². The van der Waals surface area contributed by atoms with E-state index in [9.17, 15) is 13.2 Å². The van der Waals surface area contributed by atoms with Gasteiger partial charge in [-0.15, -0.1) is 0 Å². The number of benzene rings is 1. The molecule has 0 aliphatic carbocycles. The normalized spacial score (nSPS) is 11.8. The Morgan fingerprint density at radius 1 is 1.28 bits per heavy atom. The quantitative estimate of drug-likeness (QED) is 0.797. The van der Waals surface area contributed by atoms with Crippen LogP contribution in [0, 0.1) is 6.92 Å². The molecule has 1 heterocycles. The Hall–Kier alpha value is -1.78. The van der Waals surface area contributed by atoms with Crippen LogP contribution in [0.15, 0.2) is 30.6 Å². The molecular formula is C13H13F3N2. The van der Waals surface area contributed by atoms with E-state index < -0.39 is 11.7 Å². The van der Waals surface area contributed by atoms with Crippen LogP contribution >= 0.6 is 0 Å². The van der Waals surface area contributed by atoms with E-state index in [0.717, 1.165) is 0 Å². The highest BCUT2D eigenvalue weighted by Crippen LogP contribution is 2.33. The molecule has 0 unspecified atom stereocenters. The lowest BCUT2D eigenvalue weighted by Crippen LogP contribution is -2.10. The second kappa shape index (κ2) is 4.48. The molecule has 18 heavy (non-hydrogen) atoms. The first-order valence-corrected chi connectivity index (χ1v) is 5.64. The van der Waals surface area contributed by atoms with E-state index in [1.807, 2.05) is 0 Å². The molecule has 0 radical (unpaired) electrons. The molecule has 2 rings (SSSR count). The number of nitrogens with zero attached hydrogens (tertiary/aromatic N) is 2. The topological polar surface area (TPSA) is 17.8 Å². The molecule has 0 saturated heterocycles. The summed E-state index contributed by atoms with van der Waals surface area (Å²) in [6.07, 6.45) is -0.749. The van der Waals surface area contributed by atoms with Gasteiger partial charge < -0.3 is 4.57 Å². The van der Waals surface area contributed by atoms with Crippen LogP contribution in [0.5, 0.6) is 0 Å². The fourth-order valence-electron chi connectivity index (χ4n) is 1.94. The second-order valence-electron chi connectivity index (χ2n) is 4.04. The first-order valence-electron chi connectivity index (χ1n) is 5.64. The zero-order valence-electron chi connectivity index (χ0n) is 10.1. The van der Waals surface area contributed by atoms with Crippen LogP contribution in [0.2, 0.25) is 0 Å². The second-order valence-corrected chi connectivity index (χ2v) is 4.04. The Bertz CT molecular complexity index is 556. The highest BCUT2D eigenvalue weighted by molar-refractivity contribution is 5.42. The van der Waals surface area contributed by atoms with Gasteiger partial charge in [0, 0.05) is 18.1 Å². The Labute approximate surface area is 103 Å². The van der Waals surface area contributed by atoms with Gasteiger partial charge in [-0.3, -0.25) is 0 Å². The van der Waals surface area contributed by atoms with Gasteiger partial charge in [0.15, 0.2) is 0 Å². The van der Waals surface area contributed by atoms with Gasteiger partial charge in [0.2, 0.25) is 0 Å². The number of hydrogen-bond acceptors (Lipinski definition) is 1. The van der Waals surface area contributed by atoms with E-state index in [2.05, 4.69) is 4.98 Å². The van der Waals surface area contributed by atoms with Crippen LogP contribution in [0.3, 0.4) is 0 Å². The van der Waals surface area contributed by atoms with Gasteiger partial charge in [0.05, 0.1) is 5.56 Å². The number of imidazole rings is 1. The lowest BCUT2D eigenvalue weighted by atomic mass is 10.0. The fourth-order valence-corrected chi connectivity index (χ4v) is 1.94. The molecule has 2 nitrogen and oxygen atoms in total. The minimum atomic E-state index is -4.32. The number of aryl methyl sites for hydroxylation is 2. The van der Waals surface area contributed by atoms with Crippen molar-refractivity contribution < 1.29 is 13.2 Å². The van der Waals surface area contributed by atoms with Crippen LogP contribution in [-0.2, 0) is 12.6 Å². The molecule has 1 aromatic heterocycles. The third-order valence-corrected chi connectivity index (χ3v) is 2.88. The van der Waals surface area contributed by atoms with Gasteiger partial charge in [-0.2, -0.15) is 13.2 Å².